The molecule has 2 aliphatic carbocycles. The minimum atomic E-state index is -4.33. The molecular weight excluding hydrogens is 377 g/mol. The van der Waals surface area contributed by atoms with Crippen LogP contribution in [0.3, 0.4) is 0 Å². The van der Waals surface area contributed by atoms with Crippen molar-refractivity contribution in [2.45, 2.75) is 94.3 Å². The number of fused-ring (bicyclic) bond motifs is 3. The second-order valence-corrected chi connectivity index (χ2v) is 9.18. The lowest BCUT2D eigenvalue weighted by Crippen LogP contribution is -2.57. The molecule has 2 fully saturated rings. The maximum absolute atomic E-state index is 13.7. The van der Waals surface area contributed by atoms with Crippen molar-refractivity contribution < 1.29 is 18.0 Å². The van der Waals surface area contributed by atoms with Crippen LogP contribution in [0.25, 0.3) is 0 Å². The van der Waals surface area contributed by atoms with Crippen LogP contribution in [0.4, 0.5) is 13.2 Å². The highest BCUT2D eigenvalue weighted by Crippen LogP contribution is 2.55. The molecule has 2 atom stereocenters. The van der Waals surface area contributed by atoms with Gasteiger partial charge in [0.1, 0.15) is 5.71 Å². The SMILES string of the molecule is C[C@@]12CCCC[C@]1(CC(F)(F)F)N=C(C(=O)NC1CCCCC1)c1ccccc12. The van der Waals surface area contributed by atoms with Crippen LogP contribution < -0.4 is 5.32 Å². The second kappa shape index (κ2) is 7.44. The number of benzene rings is 1. The number of nitrogens with one attached hydrogen (secondary N) is 1. The maximum Gasteiger partial charge on any atom is 0.391 e. The highest BCUT2D eigenvalue weighted by atomic mass is 19.4. The van der Waals surface area contributed by atoms with Crippen LogP contribution in [-0.2, 0) is 10.2 Å². The second-order valence-electron chi connectivity index (χ2n) is 9.18. The van der Waals surface area contributed by atoms with Crippen LogP contribution >= 0.6 is 0 Å². The van der Waals surface area contributed by atoms with Crippen molar-refractivity contribution in [3.05, 3.63) is 35.4 Å². The number of nitrogens with zero attached hydrogens (tertiary/aromatic N) is 1. The lowest BCUT2D eigenvalue weighted by molar-refractivity contribution is -0.156. The molecule has 0 aromatic heterocycles. The zero-order valence-electron chi connectivity index (χ0n) is 16.9. The van der Waals surface area contributed by atoms with Gasteiger partial charge in [-0.15, -0.1) is 0 Å². The van der Waals surface area contributed by atoms with Crippen LogP contribution in [0.2, 0.25) is 0 Å². The predicted octanol–water partition coefficient (Wildman–Crippen LogP) is 5.46. The molecule has 0 spiro atoms. The third-order valence-corrected chi connectivity index (χ3v) is 7.30. The highest BCUT2D eigenvalue weighted by Gasteiger charge is 2.58. The molecule has 4 rings (SSSR count). The average molecular weight is 406 g/mol. The van der Waals surface area contributed by atoms with Gasteiger partial charge in [-0.25, -0.2) is 0 Å². The molecule has 1 heterocycles. The molecule has 1 N–H and O–H groups in total. The average Bonchev–Trinajstić information content (AvgIpc) is 2.68. The van der Waals surface area contributed by atoms with Gasteiger partial charge in [-0.2, -0.15) is 13.2 Å². The number of hydrogen-bond acceptors (Lipinski definition) is 2. The lowest BCUT2D eigenvalue weighted by Gasteiger charge is -2.53. The van der Waals surface area contributed by atoms with Gasteiger partial charge in [0.25, 0.3) is 5.91 Å². The number of alkyl halides is 3. The molecular formula is C23H29F3N2O. The van der Waals surface area contributed by atoms with E-state index in [1.54, 1.807) is 0 Å². The fourth-order valence-electron chi connectivity index (χ4n) is 5.74. The minimum Gasteiger partial charge on any atom is -0.348 e. The van der Waals surface area contributed by atoms with E-state index in [2.05, 4.69) is 10.3 Å². The molecule has 0 bridgehead atoms. The largest absolute Gasteiger partial charge is 0.391 e. The molecule has 29 heavy (non-hydrogen) atoms. The summed E-state index contributed by atoms with van der Waals surface area (Å²) in [6.45, 7) is 1.91. The maximum atomic E-state index is 13.7. The van der Waals surface area contributed by atoms with E-state index < -0.39 is 23.6 Å². The van der Waals surface area contributed by atoms with Gasteiger partial charge < -0.3 is 5.32 Å². The Bertz CT molecular complexity index is 813. The summed E-state index contributed by atoms with van der Waals surface area (Å²) in [5.74, 6) is -0.321. The third-order valence-electron chi connectivity index (χ3n) is 7.30. The summed E-state index contributed by atoms with van der Waals surface area (Å²) in [5, 5.41) is 3.07. The summed E-state index contributed by atoms with van der Waals surface area (Å²) in [6.07, 6.45) is 2.44. The number of rotatable bonds is 3. The van der Waals surface area contributed by atoms with Gasteiger partial charge in [0.15, 0.2) is 0 Å². The van der Waals surface area contributed by atoms with Crippen LogP contribution in [0.5, 0.6) is 0 Å². The predicted molar refractivity (Wildman–Crippen MR) is 107 cm³/mol. The van der Waals surface area contributed by atoms with Crippen LogP contribution in [0.15, 0.2) is 29.3 Å². The number of carbonyl (C=O) groups is 1. The summed E-state index contributed by atoms with van der Waals surface area (Å²) in [6, 6.07) is 7.52. The third kappa shape index (κ3) is 3.71. The molecule has 0 radical (unpaired) electrons. The Kier molecular flexibility index (Phi) is 5.24. The van der Waals surface area contributed by atoms with Crippen molar-refractivity contribution in [1.82, 2.24) is 5.32 Å². The van der Waals surface area contributed by atoms with Gasteiger partial charge in [-0.3, -0.25) is 9.79 Å². The molecule has 6 heteroatoms. The van der Waals surface area contributed by atoms with E-state index in [0.29, 0.717) is 24.8 Å². The summed E-state index contributed by atoms with van der Waals surface area (Å²) < 4.78 is 41.0. The zero-order chi connectivity index (χ0) is 20.7. The van der Waals surface area contributed by atoms with Gasteiger partial charge in [0, 0.05) is 17.0 Å². The molecule has 1 amide bonds. The summed E-state index contributed by atoms with van der Waals surface area (Å²) >= 11 is 0. The Hall–Kier alpha value is -1.85. The van der Waals surface area contributed by atoms with E-state index in [1.165, 1.54) is 6.42 Å². The van der Waals surface area contributed by atoms with Gasteiger partial charge in [-0.05, 0) is 31.2 Å². The Balaban J connectivity index is 1.78. The van der Waals surface area contributed by atoms with Gasteiger partial charge in [0.2, 0.25) is 0 Å². The van der Waals surface area contributed by atoms with Crippen LogP contribution in [-0.4, -0.2) is 29.4 Å². The van der Waals surface area contributed by atoms with E-state index in [0.717, 1.165) is 37.7 Å². The molecule has 0 unspecified atom stereocenters. The Morgan fingerprint density at radius 2 is 1.79 bits per heavy atom. The first-order valence-corrected chi connectivity index (χ1v) is 10.8. The number of halogens is 3. The molecule has 158 valence electrons. The molecule has 2 saturated carbocycles. The summed E-state index contributed by atoms with van der Waals surface area (Å²) in [7, 11) is 0. The lowest BCUT2D eigenvalue weighted by atomic mass is 9.55. The normalized spacial score (nSPS) is 30.1. The van der Waals surface area contributed by atoms with Crippen LogP contribution in [0, 0.1) is 0 Å². The van der Waals surface area contributed by atoms with Crippen molar-refractivity contribution in [3.63, 3.8) is 0 Å². The molecule has 3 aliphatic rings. The first-order valence-electron chi connectivity index (χ1n) is 10.8. The first-order chi connectivity index (χ1) is 13.7. The smallest absolute Gasteiger partial charge is 0.348 e. The summed E-state index contributed by atoms with van der Waals surface area (Å²) in [5.41, 5.74) is -0.297. The fraction of sp³-hybridized carbons (Fsp3) is 0.652. The van der Waals surface area contributed by atoms with Crippen LogP contribution in [0.1, 0.15) is 82.3 Å². The minimum absolute atomic E-state index is 0.0874. The van der Waals surface area contributed by atoms with Crippen molar-refractivity contribution in [3.8, 4) is 0 Å². The Morgan fingerprint density at radius 3 is 2.52 bits per heavy atom. The van der Waals surface area contributed by atoms with E-state index >= 15 is 0 Å². The quantitative estimate of drug-likeness (QED) is 0.711. The topological polar surface area (TPSA) is 41.5 Å². The van der Waals surface area contributed by atoms with Gasteiger partial charge in [0.05, 0.1) is 12.0 Å². The number of carbonyl (C=O) groups excluding carboxylic acids is 1. The summed E-state index contributed by atoms with van der Waals surface area (Å²) in [4.78, 5) is 17.9. The van der Waals surface area contributed by atoms with E-state index in [9.17, 15) is 18.0 Å². The van der Waals surface area contributed by atoms with Gasteiger partial charge >= 0.3 is 6.18 Å². The molecule has 0 saturated heterocycles. The molecule has 3 nitrogen and oxygen atoms in total. The molecule has 1 aliphatic heterocycles. The molecule has 1 aromatic carbocycles. The van der Waals surface area contributed by atoms with Crippen molar-refractivity contribution >= 4 is 11.6 Å². The van der Waals surface area contributed by atoms with Gasteiger partial charge in [-0.1, -0.05) is 63.3 Å². The zero-order valence-corrected chi connectivity index (χ0v) is 16.9. The number of aliphatic imine (C=N–C) groups is 1. The standard InChI is InChI=1S/C23H29F3N2O/c1-21-13-7-8-14-22(21,15-23(24,25)26)28-19(17-11-5-6-12-18(17)21)20(29)27-16-9-3-2-4-10-16/h5-6,11-12,16H,2-4,7-10,13-15H2,1H3,(H,27,29)/t21-,22+/m0/s1. The number of amides is 1. The Morgan fingerprint density at radius 1 is 1.10 bits per heavy atom. The first kappa shape index (κ1) is 20.4. The highest BCUT2D eigenvalue weighted by molar-refractivity contribution is 6.46. The van der Waals surface area contributed by atoms with E-state index in [-0.39, 0.29) is 17.7 Å². The fourth-order valence-corrected chi connectivity index (χ4v) is 5.74. The number of hydrogen-bond donors (Lipinski definition) is 1. The molecule has 1 aromatic rings. The van der Waals surface area contributed by atoms with Crippen molar-refractivity contribution in [2.24, 2.45) is 4.99 Å². The van der Waals surface area contributed by atoms with Crippen molar-refractivity contribution in [2.75, 3.05) is 0 Å². The Labute approximate surface area is 170 Å². The monoisotopic (exact) mass is 406 g/mol. The van der Waals surface area contributed by atoms with E-state index in [1.807, 2.05) is 31.2 Å². The van der Waals surface area contributed by atoms with Crippen molar-refractivity contribution in [1.29, 1.82) is 0 Å². The van der Waals surface area contributed by atoms with E-state index in [4.69, 9.17) is 0 Å².